The minimum absolute atomic E-state index is 0.0410. The summed E-state index contributed by atoms with van der Waals surface area (Å²) in [5, 5.41) is 5.02. The molecule has 7 heteroatoms. The lowest BCUT2D eigenvalue weighted by atomic mass is 10.0. The molecule has 216 valence electrons. The van der Waals surface area contributed by atoms with Crippen LogP contribution < -0.4 is 15.0 Å². The fraction of sp³-hybridized carbons (Fsp3) is 0.286. The monoisotopic (exact) mass is 563 g/mol. The smallest absolute Gasteiger partial charge is 0.258 e. The Morgan fingerprint density at radius 1 is 0.905 bits per heavy atom. The average molecular weight is 564 g/mol. The van der Waals surface area contributed by atoms with Crippen LogP contribution in [0.2, 0.25) is 0 Å². The van der Waals surface area contributed by atoms with Gasteiger partial charge in [-0.15, -0.1) is 0 Å². The maximum atomic E-state index is 14.0. The third kappa shape index (κ3) is 6.30. The summed E-state index contributed by atoms with van der Waals surface area (Å²) in [4.78, 5) is 44.3. The van der Waals surface area contributed by atoms with Gasteiger partial charge in [0.1, 0.15) is 11.8 Å². The van der Waals surface area contributed by atoms with Gasteiger partial charge >= 0.3 is 0 Å². The predicted molar refractivity (Wildman–Crippen MR) is 166 cm³/mol. The highest BCUT2D eigenvalue weighted by molar-refractivity contribution is 6.25. The second kappa shape index (κ2) is 12.9. The van der Waals surface area contributed by atoms with Crippen molar-refractivity contribution in [3.05, 3.63) is 108 Å². The van der Waals surface area contributed by atoms with Crippen LogP contribution in [0.5, 0.6) is 5.75 Å². The van der Waals surface area contributed by atoms with Crippen LogP contribution in [0, 0.1) is 0 Å². The Hall–Kier alpha value is -4.65. The van der Waals surface area contributed by atoms with Crippen LogP contribution in [0.4, 0.5) is 5.69 Å². The van der Waals surface area contributed by atoms with Crippen LogP contribution >= 0.6 is 0 Å². The Morgan fingerprint density at radius 3 is 2.36 bits per heavy atom. The first-order chi connectivity index (χ1) is 20.4. The molecule has 0 saturated heterocycles. The first-order valence-corrected chi connectivity index (χ1v) is 14.5. The van der Waals surface area contributed by atoms with Crippen molar-refractivity contribution in [2.45, 2.75) is 51.7 Å². The van der Waals surface area contributed by atoms with Gasteiger partial charge in [-0.25, -0.2) is 0 Å². The van der Waals surface area contributed by atoms with Gasteiger partial charge in [-0.2, -0.15) is 0 Å². The molecule has 7 nitrogen and oxygen atoms in total. The molecule has 4 aromatic carbocycles. The topological polar surface area (TPSA) is 79.0 Å². The van der Waals surface area contributed by atoms with Crippen molar-refractivity contribution in [1.82, 2.24) is 10.2 Å². The Bertz CT molecular complexity index is 1580. The second-order valence-electron chi connectivity index (χ2n) is 11.0. The number of anilines is 1. The highest BCUT2D eigenvalue weighted by Crippen LogP contribution is 2.37. The van der Waals surface area contributed by atoms with E-state index in [2.05, 4.69) is 5.32 Å². The van der Waals surface area contributed by atoms with E-state index < -0.39 is 6.04 Å². The summed E-state index contributed by atoms with van der Waals surface area (Å²) in [6, 6.07) is 28.2. The maximum absolute atomic E-state index is 14.0. The van der Waals surface area contributed by atoms with E-state index in [4.69, 9.17) is 4.74 Å². The minimum atomic E-state index is -0.708. The Morgan fingerprint density at radius 2 is 1.62 bits per heavy atom. The summed E-state index contributed by atoms with van der Waals surface area (Å²) in [5.74, 6) is 0.315. The van der Waals surface area contributed by atoms with E-state index >= 15 is 0 Å². The first-order valence-electron chi connectivity index (χ1n) is 14.5. The van der Waals surface area contributed by atoms with E-state index in [1.165, 1.54) is 0 Å². The molecule has 3 amide bonds. The molecule has 0 fully saturated rings. The molecule has 1 heterocycles. The van der Waals surface area contributed by atoms with Crippen molar-refractivity contribution < 1.29 is 19.1 Å². The van der Waals surface area contributed by atoms with E-state index in [0.717, 1.165) is 27.6 Å². The predicted octanol–water partition coefficient (Wildman–Crippen LogP) is 5.75. The number of carbonyl (C=O) groups excluding carboxylic acids is 3. The third-order valence-electron chi connectivity index (χ3n) is 7.61. The maximum Gasteiger partial charge on any atom is 0.258 e. The molecule has 0 aromatic heterocycles. The van der Waals surface area contributed by atoms with E-state index in [-0.39, 0.29) is 36.7 Å². The molecule has 1 unspecified atom stereocenters. The number of hydrogen-bond acceptors (Lipinski definition) is 4. The van der Waals surface area contributed by atoms with E-state index in [9.17, 15) is 14.4 Å². The standard InChI is InChI=1S/C35H37N3O4/c1-24(2)36-34(40)31(22-25-11-5-4-6-12-25)38(23-26-13-7-16-28(21-26)42-3)32(39)19-10-20-37-30-18-9-15-27-14-8-17-29(33(27)30)35(37)41/h4-9,11-18,21,24,31H,10,19-20,22-23H2,1-3H3,(H,36,40). The highest BCUT2D eigenvalue weighted by Gasteiger charge is 2.32. The number of nitrogens with one attached hydrogen (secondary N) is 1. The van der Waals surface area contributed by atoms with Gasteiger partial charge in [0.2, 0.25) is 11.8 Å². The summed E-state index contributed by atoms with van der Waals surface area (Å²) >= 11 is 0. The van der Waals surface area contributed by atoms with Gasteiger partial charge in [-0.05, 0) is 61.0 Å². The summed E-state index contributed by atoms with van der Waals surface area (Å²) in [5.41, 5.74) is 3.42. The zero-order valence-electron chi connectivity index (χ0n) is 24.4. The number of hydrogen-bond donors (Lipinski definition) is 1. The van der Waals surface area contributed by atoms with E-state index in [0.29, 0.717) is 30.7 Å². The number of nitrogens with zero attached hydrogens (tertiary/aromatic N) is 2. The van der Waals surface area contributed by atoms with Crippen molar-refractivity contribution >= 4 is 34.2 Å². The summed E-state index contributed by atoms with van der Waals surface area (Å²) in [7, 11) is 1.61. The van der Waals surface area contributed by atoms with Gasteiger partial charge in [0.15, 0.2) is 0 Å². The van der Waals surface area contributed by atoms with Crippen LogP contribution in [0.25, 0.3) is 10.8 Å². The van der Waals surface area contributed by atoms with Crippen LogP contribution in [0.3, 0.4) is 0 Å². The largest absolute Gasteiger partial charge is 0.497 e. The van der Waals surface area contributed by atoms with Gasteiger partial charge in [0.05, 0.1) is 12.8 Å². The molecule has 1 aliphatic heterocycles. The van der Waals surface area contributed by atoms with Gasteiger partial charge in [0.25, 0.3) is 5.91 Å². The quantitative estimate of drug-likeness (QED) is 0.238. The van der Waals surface area contributed by atoms with Crippen LogP contribution in [0.15, 0.2) is 91.0 Å². The lowest BCUT2D eigenvalue weighted by Crippen LogP contribution is -2.51. The lowest BCUT2D eigenvalue weighted by Gasteiger charge is -2.32. The summed E-state index contributed by atoms with van der Waals surface area (Å²) < 4.78 is 5.42. The van der Waals surface area contributed by atoms with Crippen molar-refractivity contribution in [2.24, 2.45) is 0 Å². The molecule has 0 radical (unpaired) electrons. The number of carbonyl (C=O) groups is 3. The first kappa shape index (κ1) is 28.9. The molecule has 0 saturated carbocycles. The third-order valence-corrected chi connectivity index (χ3v) is 7.61. The fourth-order valence-electron chi connectivity index (χ4n) is 5.64. The molecule has 1 N–H and O–H groups in total. The highest BCUT2D eigenvalue weighted by atomic mass is 16.5. The Balaban J connectivity index is 1.38. The zero-order valence-corrected chi connectivity index (χ0v) is 24.4. The number of rotatable bonds is 12. The summed E-state index contributed by atoms with van der Waals surface area (Å²) in [6.45, 7) is 4.49. The zero-order chi connectivity index (χ0) is 29.6. The average Bonchev–Trinajstić information content (AvgIpc) is 3.27. The lowest BCUT2D eigenvalue weighted by molar-refractivity contribution is -0.141. The molecule has 42 heavy (non-hydrogen) atoms. The van der Waals surface area contributed by atoms with Crippen molar-refractivity contribution in [2.75, 3.05) is 18.6 Å². The number of ether oxygens (including phenoxy) is 1. The van der Waals surface area contributed by atoms with Crippen molar-refractivity contribution in [3.63, 3.8) is 0 Å². The van der Waals surface area contributed by atoms with E-state index in [1.54, 1.807) is 16.9 Å². The van der Waals surface area contributed by atoms with Crippen LogP contribution in [0.1, 0.15) is 48.2 Å². The van der Waals surface area contributed by atoms with Gasteiger partial charge in [0, 0.05) is 42.9 Å². The van der Waals surface area contributed by atoms with Gasteiger partial charge in [-0.3, -0.25) is 14.4 Å². The number of amides is 3. The molecule has 0 spiro atoms. The number of methoxy groups -OCH3 is 1. The molecule has 1 aliphatic rings. The molecule has 1 atom stereocenters. The Kier molecular flexibility index (Phi) is 8.86. The molecule has 4 aromatic rings. The van der Waals surface area contributed by atoms with Crippen LogP contribution in [-0.4, -0.2) is 48.4 Å². The van der Waals surface area contributed by atoms with Gasteiger partial charge in [-0.1, -0.05) is 66.7 Å². The molecular weight excluding hydrogens is 526 g/mol. The second-order valence-corrected chi connectivity index (χ2v) is 11.0. The Labute approximate surface area is 247 Å². The minimum Gasteiger partial charge on any atom is -0.497 e. The SMILES string of the molecule is COc1cccc(CN(C(=O)CCCN2C(=O)c3cccc4cccc2c34)C(Cc2ccccc2)C(=O)NC(C)C)c1. The van der Waals surface area contributed by atoms with Crippen LogP contribution in [-0.2, 0) is 22.6 Å². The molecule has 0 aliphatic carbocycles. The van der Waals surface area contributed by atoms with Gasteiger partial charge < -0.3 is 19.9 Å². The fourth-order valence-corrected chi connectivity index (χ4v) is 5.64. The normalized spacial score (nSPS) is 13.0. The molecular formula is C35H37N3O4. The number of benzene rings is 4. The van der Waals surface area contributed by atoms with E-state index in [1.807, 2.05) is 105 Å². The molecule has 0 bridgehead atoms. The van der Waals surface area contributed by atoms with Crippen molar-refractivity contribution in [1.29, 1.82) is 0 Å². The summed E-state index contributed by atoms with van der Waals surface area (Å²) in [6.07, 6.45) is 1.05. The molecule has 5 rings (SSSR count). The van der Waals surface area contributed by atoms with Crippen molar-refractivity contribution in [3.8, 4) is 5.75 Å².